The van der Waals surface area contributed by atoms with Gasteiger partial charge in [0.05, 0.1) is 19.4 Å². The highest BCUT2D eigenvalue weighted by atomic mass is 32.2. The zero-order valence-electron chi connectivity index (χ0n) is 14.8. The molecule has 1 saturated carbocycles. The van der Waals surface area contributed by atoms with Gasteiger partial charge in [-0.1, -0.05) is 12.1 Å². The molecule has 1 aliphatic heterocycles. The molecule has 1 aromatic rings. The fourth-order valence-corrected chi connectivity index (χ4v) is 4.31. The molecule has 7 heteroatoms. The largest absolute Gasteiger partial charge is 0.497 e. The van der Waals surface area contributed by atoms with E-state index in [-0.39, 0.29) is 17.9 Å². The Hall–Kier alpha value is -1.60. The summed E-state index contributed by atoms with van der Waals surface area (Å²) in [7, 11) is -1.52. The van der Waals surface area contributed by atoms with Gasteiger partial charge in [0.2, 0.25) is 15.9 Å². The van der Waals surface area contributed by atoms with Crippen molar-refractivity contribution in [2.45, 2.75) is 31.7 Å². The van der Waals surface area contributed by atoms with Crippen molar-refractivity contribution in [3.63, 3.8) is 0 Å². The second-order valence-corrected chi connectivity index (χ2v) is 9.02. The molecule has 0 radical (unpaired) electrons. The number of nitrogens with one attached hydrogen (secondary N) is 1. The number of rotatable bonds is 6. The molecule has 1 amide bonds. The fourth-order valence-electron chi connectivity index (χ4n) is 3.43. The van der Waals surface area contributed by atoms with Crippen molar-refractivity contribution in [1.82, 2.24) is 9.62 Å². The van der Waals surface area contributed by atoms with Crippen LogP contribution in [-0.4, -0.2) is 45.1 Å². The van der Waals surface area contributed by atoms with Crippen LogP contribution in [0.2, 0.25) is 0 Å². The van der Waals surface area contributed by atoms with Crippen molar-refractivity contribution in [3.8, 4) is 5.75 Å². The van der Waals surface area contributed by atoms with Crippen LogP contribution in [0.1, 0.15) is 37.3 Å². The van der Waals surface area contributed by atoms with Gasteiger partial charge in [0, 0.05) is 19.0 Å². The van der Waals surface area contributed by atoms with Crippen molar-refractivity contribution in [2.75, 3.05) is 26.5 Å². The smallest absolute Gasteiger partial charge is 0.223 e. The Labute approximate surface area is 149 Å². The van der Waals surface area contributed by atoms with Gasteiger partial charge in [0.15, 0.2) is 0 Å². The first-order chi connectivity index (χ1) is 11.9. The molecule has 0 bridgehead atoms. The Morgan fingerprint density at radius 2 is 1.76 bits per heavy atom. The van der Waals surface area contributed by atoms with E-state index in [1.165, 1.54) is 10.6 Å². The van der Waals surface area contributed by atoms with Crippen LogP contribution in [0.25, 0.3) is 0 Å². The van der Waals surface area contributed by atoms with E-state index in [1.54, 1.807) is 7.11 Å². The number of sulfonamides is 1. The summed E-state index contributed by atoms with van der Waals surface area (Å²) in [5.74, 6) is 1.23. The van der Waals surface area contributed by atoms with Crippen molar-refractivity contribution in [3.05, 3.63) is 29.8 Å². The third-order valence-corrected chi connectivity index (χ3v) is 6.46. The standard InChI is InChI=1S/C18H26N2O4S/c1-24-16-7-5-14(6-8-16)17(13-3-4-13)19-18(21)15-9-11-20(12-10-15)25(2,22)23/h5-8,13,15,17H,3-4,9-12H2,1-2H3,(H,19,21). The maximum Gasteiger partial charge on any atom is 0.223 e. The molecule has 25 heavy (non-hydrogen) atoms. The molecule has 6 nitrogen and oxygen atoms in total. The fraction of sp³-hybridized carbons (Fsp3) is 0.611. The second kappa shape index (κ2) is 7.33. The molecular formula is C18H26N2O4S. The first-order valence-corrected chi connectivity index (χ1v) is 10.6. The van der Waals surface area contributed by atoms with Crippen LogP contribution in [-0.2, 0) is 14.8 Å². The van der Waals surface area contributed by atoms with Crippen LogP contribution in [0, 0.1) is 11.8 Å². The van der Waals surface area contributed by atoms with Gasteiger partial charge in [0.25, 0.3) is 0 Å². The molecule has 1 aliphatic carbocycles. The van der Waals surface area contributed by atoms with Crippen molar-refractivity contribution >= 4 is 15.9 Å². The van der Waals surface area contributed by atoms with Gasteiger partial charge in [-0.05, 0) is 49.3 Å². The van der Waals surface area contributed by atoms with E-state index < -0.39 is 10.0 Å². The Balaban J connectivity index is 1.62. The van der Waals surface area contributed by atoms with Crippen LogP contribution >= 0.6 is 0 Å². The van der Waals surface area contributed by atoms with Crippen LogP contribution in [0.4, 0.5) is 0 Å². The quantitative estimate of drug-likeness (QED) is 0.835. The number of piperidine rings is 1. The SMILES string of the molecule is COc1ccc(C(NC(=O)C2CCN(S(C)(=O)=O)CC2)C2CC2)cc1. The van der Waals surface area contributed by atoms with E-state index in [0.29, 0.717) is 31.8 Å². The van der Waals surface area contributed by atoms with Gasteiger partial charge in [-0.15, -0.1) is 0 Å². The molecule has 0 aromatic heterocycles. The predicted octanol–water partition coefficient (Wildman–Crippen LogP) is 1.93. The number of ether oxygens (including phenoxy) is 1. The van der Waals surface area contributed by atoms with Crippen molar-refractivity contribution < 1.29 is 17.9 Å². The molecule has 1 saturated heterocycles. The van der Waals surface area contributed by atoms with Crippen molar-refractivity contribution in [1.29, 1.82) is 0 Å². The topological polar surface area (TPSA) is 75.7 Å². The molecule has 0 spiro atoms. The number of carbonyl (C=O) groups excluding carboxylic acids is 1. The summed E-state index contributed by atoms with van der Waals surface area (Å²) in [6.45, 7) is 0.848. The van der Waals surface area contributed by atoms with Crippen LogP contribution < -0.4 is 10.1 Å². The van der Waals surface area contributed by atoms with Crippen LogP contribution in [0.3, 0.4) is 0 Å². The number of nitrogens with zero attached hydrogens (tertiary/aromatic N) is 1. The van der Waals surface area contributed by atoms with E-state index >= 15 is 0 Å². The first kappa shape index (κ1) is 18.2. The molecule has 3 rings (SSSR count). The average molecular weight is 366 g/mol. The van der Waals surface area contributed by atoms with Gasteiger partial charge in [0.1, 0.15) is 5.75 Å². The van der Waals surface area contributed by atoms with E-state index in [0.717, 1.165) is 24.2 Å². The number of methoxy groups -OCH3 is 1. The highest BCUT2D eigenvalue weighted by Gasteiger charge is 2.36. The van der Waals surface area contributed by atoms with E-state index in [4.69, 9.17) is 4.74 Å². The van der Waals surface area contributed by atoms with E-state index in [1.807, 2.05) is 24.3 Å². The summed E-state index contributed by atoms with van der Waals surface area (Å²) in [5.41, 5.74) is 1.10. The Kier molecular flexibility index (Phi) is 5.34. The van der Waals surface area contributed by atoms with Crippen LogP contribution in [0.5, 0.6) is 5.75 Å². The summed E-state index contributed by atoms with van der Waals surface area (Å²) in [4.78, 5) is 12.7. The minimum absolute atomic E-state index is 0.0337. The molecule has 2 fully saturated rings. The number of hydrogen-bond donors (Lipinski definition) is 1. The summed E-state index contributed by atoms with van der Waals surface area (Å²) in [5, 5.41) is 3.21. The molecule has 2 aliphatic rings. The third-order valence-electron chi connectivity index (χ3n) is 5.16. The summed E-state index contributed by atoms with van der Waals surface area (Å²) in [6.07, 6.45) is 4.64. The maximum atomic E-state index is 12.7. The molecule has 1 heterocycles. The Morgan fingerprint density at radius 3 is 2.24 bits per heavy atom. The maximum absolute atomic E-state index is 12.7. The van der Waals surface area contributed by atoms with Gasteiger partial charge in [-0.3, -0.25) is 4.79 Å². The summed E-state index contributed by atoms with van der Waals surface area (Å²) in [6, 6.07) is 7.89. The predicted molar refractivity (Wildman–Crippen MR) is 95.7 cm³/mol. The van der Waals surface area contributed by atoms with Gasteiger partial charge in [-0.25, -0.2) is 12.7 Å². The molecule has 138 valence electrons. The van der Waals surface area contributed by atoms with E-state index in [2.05, 4.69) is 5.32 Å². The molecule has 1 unspecified atom stereocenters. The van der Waals surface area contributed by atoms with Gasteiger partial charge in [-0.2, -0.15) is 0 Å². The van der Waals surface area contributed by atoms with Crippen molar-refractivity contribution in [2.24, 2.45) is 11.8 Å². The summed E-state index contributed by atoms with van der Waals surface area (Å²) >= 11 is 0. The molecular weight excluding hydrogens is 340 g/mol. The molecule has 1 N–H and O–H groups in total. The van der Waals surface area contributed by atoms with Gasteiger partial charge >= 0.3 is 0 Å². The lowest BCUT2D eigenvalue weighted by Crippen LogP contribution is -2.43. The average Bonchev–Trinajstić information content (AvgIpc) is 3.44. The number of hydrogen-bond acceptors (Lipinski definition) is 4. The zero-order valence-corrected chi connectivity index (χ0v) is 15.6. The number of benzene rings is 1. The number of amides is 1. The van der Waals surface area contributed by atoms with E-state index in [9.17, 15) is 13.2 Å². The lowest BCUT2D eigenvalue weighted by molar-refractivity contribution is -0.127. The summed E-state index contributed by atoms with van der Waals surface area (Å²) < 4.78 is 29.8. The highest BCUT2D eigenvalue weighted by molar-refractivity contribution is 7.88. The Bertz CT molecular complexity index is 705. The minimum atomic E-state index is -3.16. The normalized spacial score (nSPS) is 20.9. The molecule has 1 aromatic carbocycles. The monoisotopic (exact) mass is 366 g/mol. The van der Waals surface area contributed by atoms with Crippen LogP contribution in [0.15, 0.2) is 24.3 Å². The first-order valence-electron chi connectivity index (χ1n) is 8.78. The highest BCUT2D eigenvalue weighted by Crippen LogP contribution is 2.41. The molecule has 1 atom stereocenters. The zero-order chi connectivity index (χ0) is 18.0. The lowest BCUT2D eigenvalue weighted by atomic mass is 9.95. The minimum Gasteiger partial charge on any atom is -0.497 e. The number of carbonyl (C=O) groups is 1. The lowest BCUT2D eigenvalue weighted by Gasteiger charge is -2.30. The third kappa shape index (κ3) is 4.52. The second-order valence-electron chi connectivity index (χ2n) is 7.03. The van der Waals surface area contributed by atoms with Gasteiger partial charge < -0.3 is 10.1 Å². The Morgan fingerprint density at radius 1 is 1.16 bits per heavy atom.